The van der Waals surface area contributed by atoms with Crippen molar-refractivity contribution in [1.82, 2.24) is 0 Å². The van der Waals surface area contributed by atoms with Gasteiger partial charge in [-0.2, -0.15) is 11.8 Å². The molecule has 0 amide bonds. The Morgan fingerprint density at radius 3 is 2.25 bits per heavy atom. The number of carbonyl (C=O) groups is 1. The van der Waals surface area contributed by atoms with E-state index in [9.17, 15) is 4.79 Å². The zero-order valence-electron chi connectivity index (χ0n) is 17.4. The quantitative estimate of drug-likeness (QED) is 0.272. The van der Waals surface area contributed by atoms with E-state index in [1.807, 2.05) is 18.2 Å². The third kappa shape index (κ3) is 6.59. The number of thioether (sulfide) groups is 1. The fourth-order valence-corrected chi connectivity index (χ4v) is 6.63. The van der Waals surface area contributed by atoms with Crippen LogP contribution in [0, 0.1) is 0 Å². The monoisotopic (exact) mass is 426 g/mol. The van der Waals surface area contributed by atoms with Crippen molar-refractivity contribution in [1.29, 1.82) is 0 Å². The maximum absolute atomic E-state index is 12.5. The lowest BCUT2D eigenvalue weighted by atomic mass is 9.79. The topological polar surface area (TPSA) is 54.0 Å². The van der Waals surface area contributed by atoms with Gasteiger partial charge >= 0.3 is 14.8 Å². The molecule has 0 radical (unpaired) electrons. The van der Waals surface area contributed by atoms with Crippen molar-refractivity contribution in [3.05, 3.63) is 35.9 Å². The van der Waals surface area contributed by atoms with Gasteiger partial charge in [0, 0.05) is 33.1 Å². The molecule has 0 heterocycles. The van der Waals surface area contributed by atoms with E-state index in [4.69, 9.17) is 18.0 Å². The summed E-state index contributed by atoms with van der Waals surface area (Å²) in [5.74, 6) is 1.63. The van der Waals surface area contributed by atoms with E-state index in [1.54, 1.807) is 33.1 Å². The molecule has 0 spiro atoms. The molecule has 1 aromatic rings. The van der Waals surface area contributed by atoms with Crippen molar-refractivity contribution < 1.29 is 22.8 Å². The van der Waals surface area contributed by atoms with Gasteiger partial charge in [-0.25, -0.2) is 0 Å². The van der Waals surface area contributed by atoms with Crippen LogP contribution in [0.25, 0.3) is 0 Å². The summed E-state index contributed by atoms with van der Waals surface area (Å²) >= 11 is 1.77. The summed E-state index contributed by atoms with van der Waals surface area (Å²) < 4.78 is 22.4. The van der Waals surface area contributed by atoms with Crippen molar-refractivity contribution in [2.75, 3.05) is 32.8 Å². The molecule has 5 nitrogen and oxygen atoms in total. The summed E-state index contributed by atoms with van der Waals surface area (Å²) in [4.78, 5) is 12.5. The first kappa shape index (κ1) is 23.4. The lowest BCUT2D eigenvalue weighted by Crippen LogP contribution is -2.42. The third-order valence-corrected chi connectivity index (χ3v) is 9.33. The smallest absolute Gasteiger partial charge is 0.454 e. The summed E-state index contributed by atoms with van der Waals surface area (Å²) in [6, 6.07) is 11.0. The maximum atomic E-state index is 12.5. The average Bonchev–Trinajstić information content (AvgIpc) is 2.75. The van der Waals surface area contributed by atoms with Crippen LogP contribution in [0.5, 0.6) is 0 Å². The predicted molar refractivity (Wildman–Crippen MR) is 115 cm³/mol. The summed E-state index contributed by atoms with van der Waals surface area (Å²) in [7, 11) is 2.42. The molecule has 0 saturated heterocycles. The minimum Gasteiger partial charge on any atom is -0.454 e. The Bertz CT molecular complexity index is 565. The molecule has 0 atom stereocenters. The molecule has 7 heteroatoms. The lowest BCUT2D eigenvalue weighted by molar-refractivity contribution is -0.164. The normalized spacial score (nSPS) is 16.7. The van der Waals surface area contributed by atoms with Gasteiger partial charge in [0.15, 0.2) is 0 Å². The van der Waals surface area contributed by atoms with E-state index in [2.05, 4.69) is 12.1 Å². The van der Waals surface area contributed by atoms with Crippen molar-refractivity contribution in [2.24, 2.45) is 0 Å². The van der Waals surface area contributed by atoms with Crippen LogP contribution >= 0.6 is 11.8 Å². The molecule has 0 aliphatic heterocycles. The summed E-state index contributed by atoms with van der Waals surface area (Å²) in [6.07, 6.45) is 6.68. The van der Waals surface area contributed by atoms with Gasteiger partial charge < -0.3 is 18.0 Å². The average molecular weight is 427 g/mol. The Morgan fingerprint density at radius 1 is 1.00 bits per heavy atom. The fourth-order valence-electron chi connectivity index (χ4n) is 3.79. The molecule has 0 N–H and O–H groups in total. The highest BCUT2D eigenvalue weighted by Gasteiger charge is 2.38. The van der Waals surface area contributed by atoms with Gasteiger partial charge in [-0.1, -0.05) is 36.8 Å². The molecule has 0 bridgehead atoms. The lowest BCUT2D eigenvalue weighted by Gasteiger charge is -2.37. The standard InChI is InChI=1S/C21H34O5SSi/c1-23-28(24-2,25-3)18-10-16-27-17-13-20(22)26-21(14-8-5-9-15-21)19-11-6-4-7-12-19/h4,6-7,11-12H,5,8-10,13-18H2,1-3H3. The van der Waals surface area contributed by atoms with E-state index in [-0.39, 0.29) is 5.97 Å². The maximum Gasteiger partial charge on any atom is 0.500 e. The van der Waals surface area contributed by atoms with E-state index >= 15 is 0 Å². The van der Waals surface area contributed by atoms with Crippen LogP contribution in [-0.4, -0.2) is 47.6 Å². The molecule has 28 heavy (non-hydrogen) atoms. The molecular weight excluding hydrogens is 392 g/mol. The van der Waals surface area contributed by atoms with Crippen LogP contribution in [0.1, 0.15) is 50.5 Å². The van der Waals surface area contributed by atoms with E-state index in [0.717, 1.165) is 55.2 Å². The summed E-state index contributed by atoms with van der Waals surface area (Å²) in [5.41, 5.74) is 0.706. The third-order valence-electron chi connectivity index (χ3n) is 5.43. The fraction of sp³-hybridized carbons (Fsp3) is 0.667. The minimum absolute atomic E-state index is 0.0901. The van der Waals surface area contributed by atoms with E-state index in [0.29, 0.717) is 6.42 Å². The number of rotatable bonds is 12. The highest BCUT2D eigenvalue weighted by Crippen LogP contribution is 2.40. The number of benzene rings is 1. The van der Waals surface area contributed by atoms with Gasteiger partial charge in [-0.3, -0.25) is 4.79 Å². The number of hydrogen-bond acceptors (Lipinski definition) is 6. The molecule has 158 valence electrons. The van der Waals surface area contributed by atoms with Gasteiger partial charge in [0.1, 0.15) is 5.60 Å². The zero-order valence-corrected chi connectivity index (χ0v) is 19.2. The van der Waals surface area contributed by atoms with Crippen LogP contribution in [0.4, 0.5) is 0 Å². The number of carbonyl (C=O) groups excluding carboxylic acids is 1. The second-order valence-corrected chi connectivity index (χ2v) is 11.5. The number of ether oxygens (including phenoxy) is 1. The van der Waals surface area contributed by atoms with Crippen LogP contribution in [-0.2, 0) is 28.4 Å². The Morgan fingerprint density at radius 2 is 1.64 bits per heavy atom. The molecule has 0 unspecified atom stereocenters. The minimum atomic E-state index is -2.48. The Hall–Kier alpha value is -0.863. The van der Waals surface area contributed by atoms with Gasteiger partial charge in [0.2, 0.25) is 0 Å². The van der Waals surface area contributed by atoms with Crippen LogP contribution in [0.3, 0.4) is 0 Å². The van der Waals surface area contributed by atoms with Crippen LogP contribution in [0.15, 0.2) is 30.3 Å². The Kier molecular flexibility index (Phi) is 10.0. The SMILES string of the molecule is CO[Si](CCCSCCC(=O)OC1(c2ccccc2)CCCCC1)(OC)OC. The van der Waals surface area contributed by atoms with Crippen molar-refractivity contribution in [3.8, 4) is 0 Å². The molecule has 0 aromatic heterocycles. The van der Waals surface area contributed by atoms with Crippen LogP contribution in [0.2, 0.25) is 6.04 Å². The first-order valence-electron chi connectivity index (χ1n) is 10.1. The zero-order chi connectivity index (χ0) is 20.3. The second-order valence-electron chi connectivity index (χ2n) is 7.16. The molecule has 1 fully saturated rings. The molecule has 1 saturated carbocycles. The van der Waals surface area contributed by atoms with Gasteiger partial charge in [-0.05, 0) is 43.4 Å². The largest absolute Gasteiger partial charge is 0.500 e. The molecular formula is C21H34O5SSi. The van der Waals surface area contributed by atoms with E-state index < -0.39 is 14.4 Å². The van der Waals surface area contributed by atoms with E-state index in [1.165, 1.54) is 6.42 Å². The van der Waals surface area contributed by atoms with Crippen LogP contribution < -0.4 is 0 Å². The summed E-state index contributed by atoms with van der Waals surface area (Å²) in [6.45, 7) is 0. The Balaban J connectivity index is 1.75. The molecule has 2 rings (SSSR count). The number of hydrogen-bond donors (Lipinski definition) is 0. The van der Waals surface area contributed by atoms with Crippen molar-refractivity contribution >= 4 is 26.5 Å². The van der Waals surface area contributed by atoms with Crippen molar-refractivity contribution in [2.45, 2.75) is 56.6 Å². The second kappa shape index (κ2) is 12.0. The highest BCUT2D eigenvalue weighted by atomic mass is 32.2. The predicted octanol–water partition coefficient (Wildman–Crippen LogP) is 4.78. The first-order chi connectivity index (χ1) is 13.6. The van der Waals surface area contributed by atoms with Crippen molar-refractivity contribution in [3.63, 3.8) is 0 Å². The van der Waals surface area contributed by atoms with Gasteiger partial charge in [0.05, 0.1) is 6.42 Å². The van der Waals surface area contributed by atoms with Gasteiger partial charge in [0.25, 0.3) is 0 Å². The highest BCUT2D eigenvalue weighted by molar-refractivity contribution is 7.99. The molecule has 1 aliphatic rings. The number of esters is 1. The van der Waals surface area contributed by atoms with Gasteiger partial charge in [-0.15, -0.1) is 0 Å². The molecule has 1 aromatic carbocycles. The molecule has 1 aliphatic carbocycles. The first-order valence-corrected chi connectivity index (χ1v) is 13.2. The summed E-state index contributed by atoms with van der Waals surface area (Å²) in [5, 5.41) is 0. The Labute approximate surface area is 174 Å².